The Morgan fingerprint density at radius 2 is 2.00 bits per heavy atom. The normalized spacial score (nSPS) is 16.6. The van der Waals surface area contributed by atoms with Gasteiger partial charge in [0.05, 0.1) is 24.2 Å². The average Bonchev–Trinajstić information content (AvgIpc) is 2.66. The maximum atomic E-state index is 5.68. The third-order valence-corrected chi connectivity index (χ3v) is 3.45. The van der Waals surface area contributed by atoms with Gasteiger partial charge in [0.1, 0.15) is 5.82 Å². The number of aromatic nitrogens is 2. The molecule has 0 aliphatic carbocycles. The summed E-state index contributed by atoms with van der Waals surface area (Å²) in [6.45, 7) is 5.76. The van der Waals surface area contributed by atoms with Crippen LogP contribution in [0.2, 0.25) is 0 Å². The van der Waals surface area contributed by atoms with Crippen molar-refractivity contribution in [2.45, 2.75) is 32.6 Å². The fourth-order valence-electron chi connectivity index (χ4n) is 2.11. The zero-order valence-electron chi connectivity index (χ0n) is 10.8. The summed E-state index contributed by atoms with van der Waals surface area (Å²) in [5.41, 5.74) is 1.98. The molecule has 0 radical (unpaired) electrons. The molecule has 2 heterocycles. The lowest BCUT2D eigenvalue weighted by Gasteiger charge is -2.05. The van der Waals surface area contributed by atoms with Crippen molar-refractivity contribution in [2.75, 3.05) is 13.2 Å². The first-order valence-corrected chi connectivity index (χ1v) is 6.57. The summed E-state index contributed by atoms with van der Waals surface area (Å²) in [7, 11) is 0. The van der Waals surface area contributed by atoms with Crippen molar-refractivity contribution in [3.63, 3.8) is 0 Å². The monoisotopic (exact) mass is 246 g/mol. The summed E-state index contributed by atoms with van der Waals surface area (Å²) in [6, 6.07) is 3.97. The summed E-state index contributed by atoms with van der Waals surface area (Å²) in [4.78, 5) is 8.00. The second-order valence-corrected chi connectivity index (χ2v) is 4.80. The van der Waals surface area contributed by atoms with Gasteiger partial charge in [-0.2, -0.15) is 0 Å². The van der Waals surface area contributed by atoms with Gasteiger partial charge in [0.25, 0.3) is 0 Å². The van der Waals surface area contributed by atoms with E-state index in [1.807, 2.05) is 12.1 Å². The number of H-pyrrole nitrogens is 1. The quantitative estimate of drug-likeness (QED) is 0.884. The van der Waals surface area contributed by atoms with E-state index in [1.54, 1.807) is 0 Å². The predicted octanol–water partition coefficient (Wildman–Crippen LogP) is 3.24. The topological polar surface area (TPSA) is 47.1 Å². The number of fused-ring (bicyclic) bond motifs is 2. The van der Waals surface area contributed by atoms with Gasteiger partial charge in [0.2, 0.25) is 0 Å². The maximum absolute atomic E-state index is 5.68. The standard InChI is InChI=1S/C14H18N2O2/c1-3-9(2)14-15-10-7-12-13(8-11(10)16-14)18-6-4-5-17-12/h7-9H,3-6H2,1-2H3,(H,15,16). The number of aromatic amines is 1. The summed E-state index contributed by atoms with van der Waals surface area (Å²) in [6.07, 6.45) is 2.00. The molecule has 2 aromatic rings. The Labute approximate surface area is 106 Å². The molecule has 18 heavy (non-hydrogen) atoms. The highest BCUT2D eigenvalue weighted by Crippen LogP contribution is 2.34. The van der Waals surface area contributed by atoms with Gasteiger partial charge < -0.3 is 14.5 Å². The van der Waals surface area contributed by atoms with Crippen LogP contribution in [0, 0.1) is 0 Å². The molecule has 0 saturated carbocycles. The van der Waals surface area contributed by atoms with Crippen molar-refractivity contribution in [2.24, 2.45) is 0 Å². The van der Waals surface area contributed by atoms with E-state index in [0.29, 0.717) is 19.1 Å². The van der Waals surface area contributed by atoms with Gasteiger partial charge in [0, 0.05) is 24.5 Å². The zero-order valence-corrected chi connectivity index (χ0v) is 10.8. The lowest BCUT2D eigenvalue weighted by molar-refractivity contribution is 0.297. The minimum atomic E-state index is 0.444. The second-order valence-electron chi connectivity index (χ2n) is 4.80. The van der Waals surface area contributed by atoms with Gasteiger partial charge in [-0.25, -0.2) is 4.98 Å². The fraction of sp³-hybridized carbons (Fsp3) is 0.500. The number of nitrogens with zero attached hydrogens (tertiary/aromatic N) is 1. The predicted molar refractivity (Wildman–Crippen MR) is 70.4 cm³/mol. The first kappa shape index (κ1) is 11.4. The molecule has 1 aromatic carbocycles. The third kappa shape index (κ3) is 1.92. The van der Waals surface area contributed by atoms with Crippen LogP contribution in [0.25, 0.3) is 11.0 Å². The number of nitrogens with one attached hydrogen (secondary N) is 1. The number of rotatable bonds is 2. The number of imidazole rings is 1. The molecule has 1 aromatic heterocycles. The molecule has 4 heteroatoms. The second kappa shape index (κ2) is 4.52. The number of hydrogen-bond acceptors (Lipinski definition) is 3. The van der Waals surface area contributed by atoms with Gasteiger partial charge in [-0.05, 0) is 6.42 Å². The Kier molecular flexibility index (Phi) is 2.86. The summed E-state index contributed by atoms with van der Waals surface area (Å²) in [5, 5.41) is 0. The van der Waals surface area contributed by atoms with Crippen molar-refractivity contribution >= 4 is 11.0 Å². The highest BCUT2D eigenvalue weighted by molar-refractivity contribution is 5.80. The average molecular weight is 246 g/mol. The summed E-state index contributed by atoms with van der Waals surface area (Å²) < 4.78 is 11.4. The van der Waals surface area contributed by atoms with E-state index in [4.69, 9.17) is 9.47 Å². The number of benzene rings is 1. The minimum Gasteiger partial charge on any atom is -0.489 e. The van der Waals surface area contributed by atoms with Crippen molar-refractivity contribution in [3.05, 3.63) is 18.0 Å². The van der Waals surface area contributed by atoms with Crippen LogP contribution >= 0.6 is 0 Å². The molecule has 3 rings (SSSR count). The van der Waals surface area contributed by atoms with Crippen LogP contribution in [0.15, 0.2) is 12.1 Å². The molecule has 96 valence electrons. The van der Waals surface area contributed by atoms with E-state index >= 15 is 0 Å². The van der Waals surface area contributed by atoms with E-state index in [1.165, 1.54) is 0 Å². The third-order valence-electron chi connectivity index (χ3n) is 3.45. The Morgan fingerprint density at radius 3 is 2.72 bits per heavy atom. The first-order chi connectivity index (χ1) is 8.78. The molecule has 0 fully saturated rings. The van der Waals surface area contributed by atoms with Crippen LogP contribution in [-0.4, -0.2) is 23.2 Å². The van der Waals surface area contributed by atoms with Crippen molar-refractivity contribution < 1.29 is 9.47 Å². The Balaban J connectivity index is 2.06. The largest absolute Gasteiger partial charge is 0.489 e. The summed E-state index contributed by atoms with van der Waals surface area (Å²) >= 11 is 0. The molecule has 1 aliphatic heterocycles. The molecule has 1 aliphatic rings. The van der Waals surface area contributed by atoms with Crippen LogP contribution in [0.3, 0.4) is 0 Å². The lowest BCUT2D eigenvalue weighted by atomic mass is 10.1. The van der Waals surface area contributed by atoms with Crippen LogP contribution in [0.5, 0.6) is 11.5 Å². The molecule has 0 spiro atoms. The molecule has 1 N–H and O–H groups in total. The number of hydrogen-bond donors (Lipinski definition) is 1. The van der Waals surface area contributed by atoms with Crippen LogP contribution in [0.1, 0.15) is 38.4 Å². The van der Waals surface area contributed by atoms with Crippen molar-refractivity contribution in [1.82, 2.24) is 9.97 Å². The van der Waals surface area contributed by atoms with Crippen LogP contribution in [-0.2, 0) is 0 Å². The smallest absolute Gasteiger partial charge is 0.163 e. The van der Waals surface area contributed by atoms with Gasteiger partial charge in [-0.3, -0.25) is 0 Å². The van der Waals surface area contributed by atoms with Crippen molar-refractivity contribution in [1.29, 1.82) is 0 Å². The molecule has 0 bridgehead atoms. The lowest BCUT2D eigenvalue weighted by Crippen LogP contribution is -1.97. The van der Waals surface area contributed by atoms with Crippen LogP contribution in [0.4, 0.5) is 0 Å². The molecule has 4 nitrogen and oxygen atoms in total. The molecule has 0 amide bonds. The van der Waals surface area contributed by atoms with E-state index in [9.17, 15) is 0 Å². The SMILES string of the molecule is CCC(C)c1nc2cc3c(cc2[nH]1)OCCCO3. The fourth-order valence-corrected chi connectivity index (χ4v) is 2.11. The van der Waals surface area contributed by atoms with E-state index < -0.39 is 0 Å². The van der Waals surface area contributed by atoms with E-state index in [0.717, 1.165) is 41.2 Å². The van der Waals surface area contributed by atoms with Gasteiger partial charge >= 0.3 is 0 Å². The minimum absolute atomic E-state index is 0.444. The van der Waals surface area contributed by atoms with Gasteiger partial charge in [-0.1, -0.05) is 13.8 Å². The van der Waals surface area contributed by atoms with E-state index in [-0.39, 0.29) is 0 Å². The molecule has 0 saturated heterocycles. The van der Waals surface area contributed by atoms with E-state index in [2.05, 4.69) is 23.8 Å². The van der Waals surface area contributed by atoms with Gasteiger partial charge in [-0.15, -0.1) is 0 Å². The molecular weight excluding hydrogens is 228 g/mol. The summed E-state index contributed by atoms with van der Waals surface area (Å²) in [5.74, 6) is 3.10. The molecule has 1 unspecified atom stereocenters. The zero-order chi connectivity index (χ0) is 12.5. The van der Waals surface area contributed by atoms with Crippen LogP contribution < -0.4 is 9.47 Å². The highest BCUT2D eigenvalue weighted by Gasteiger charge is 2.15. The van der Waals surface area contributed by atoms with Gasteiger partial charge in [0.15, 0.2) is 11.5 Å². The molecule has 1 atom stereocenters. The maximum Gasteiger partial charge on any atom is 0.163 e. The Bertz CT molecular complexity index is 519. The molecular formula is C14H18N2O2. The number of ether oxygens (including phenoxy) is 2. The highest BCUT2D eigenvalue weighted by atomic mass is 16.5. The first-order valence-electron chi connectivity index (χ1n) is 6.57. The Morgan fingerprint density at radius 1 is 1.28 bits per heavy atom. The van der Waals surface area contributed by atoms with Crippen molar-refractivity contribution in [3.8, 4) is 11.5 Å². The Hall–Kier alpha value is -1.71.